The number of pyridine rings is 1. The standard InChI is InChI=1S/C19H29N3/c1-19(2)15-6-5-14(17(19)11-15)13-21-18-12-16(7-8-20-18)22-9-3-4-10-22/h7-8,12,14-15,17H,3-6,9-11,13H2,1-2H3,(H,20,21)/t14-,15+,17+/m1/s1. The van der Waals surface area contributed by atoms with Gasteiger partial charge in [-0.2, -0.15) is 0 Å². The van der Waals surface area contributed by atoms with Crippen LogP contribution in [0.25, 0.3) is 0 Å². The summed E-state index contributed by atoms with van der Waals surface area (Å²) in [5, 5.41) is 3.63. The lowest BCUT2D eigenvalue weighted by atomic mass is 9.45. The van der Waals surface area contributed by atoms with Crippen molar-refractivity contribution in [2.45, 2.75) is 46.0 Å². The predicted molar refractivity (Wildman–Crippen MR) is 92.3 cm³/mol. The van der Waals surface area contributed by atoms with Crippen molar-refractivity contribution in [2.75, 3.05) is 29.9 Å². The Morgan fingerprint density at radius 3 is 2.82 bits per heavy atom. The van der Waals surface area contributed by atoms with E-state index in [1.54, 1.807) is 0 Å². The zero-order valence-electron chi connectivity index (χ0n) is 14.0. The Morgan fingerprint density at radius 2 is 2.09 bits per heavy atom. The molecule has 3 saturated carbocycles. The van der Waals surface area contributed by atoms with Gasteiger partial charge in [0.15, 0.2) is 0 Å². The van der Waals surface area contributed by atoms with E-state index in [9.17, 15) is 0 Å². The third-order valence-corrected chi connectivity index (χ3v) is 6.76. The average Bonchev–Trinajstić information content (AvgIpc) is 3.08. The van der Waals surface area contributed by atoms with Gasteiger partial charge in [-0.25, -0.2) is 4.98 Å². The molecule has 4 aliphatic rings. The summed E-state index contributed by atoms with van der Waals surface area (Å²) in [5.41, 5.74) is 1.91. The van der Waals surface area contributed by atoms with E-state index in [0.717, 1.165) is 30.1 Å². The number of nitrogens with zero attached hydrogens (tertiary/aromatic N) is 2. The summed E-state index contributed by atoms with van der Waals surface area (Å²) in [6.45, 7) is 8.44. The van der Waals surface area contributed by atoms with Crippen LogP contribution in [0.5, 0.6) is 0 Å². The Labute approximate surface area is 134 Å². The lowest BCUT2D eigenvalue weighted by molar-refractivity contribution is -0.100. The van der Waals surface area contributed by atoms with Gasteiger partial charge in [0.05, 0.1) is 0 Å². The van der Waals surface area contributed by atoms with Gasteiger partial charge < -0.3 is 10.2 Å². The molecule has 3 nitrogen and oxygen atoms in total. The number of hydrogen-bond donors (Lipinski definition) is 1. The molecule has 2 bridgehead atoms. The van der Waals surface area contributed by atoms with Gasteiger partial charge in [-0.15, -0.1) is 0 Å². The summed E-state index contributed by atoms with van der Waals surface area (Å²) in [4.78, 5) is 7.01. The predicted octanol–water partition coefficient (Wildman–Crippen LogP) is 4.17. The fourth-order valence-corrected chi connectivity index (χ4v) is 5.13. The van der Waals surface area contributed by atoms with Crippen molar-refractivity contribution in [2.24, 2.45) is 23.2 Å². The van der Waals surface area contributed by atoms with Crippen LogP contribution in [0.4, 0.5) is 11.5 Å². The van der Waals surface area contributed by atoms with Crippen LogP contribution in [0.1, 0.15) is 46.0 Å². The smallest absolute Gasteiger partial charge is 0.127 e. The van der Waals surface area contributed by atoms with Gasteiger partial charge in [0.2, 0.25) is 0 Å². The molecule has 0 aromatic carbocycles. The molecule has 2 heterocycles. The van der Waals surface area contributed by atoms with Crippen molar-refractivity contribution in [1.82, 2.24) is 4.98 Å². The number of aromatic nitrogens is 1. The monoisotopic (exact) mass is 299 g/mol. The molecule has 0 spiro atoms. The first-order valence-corrected chi connectivity index (χ1v) is 9.09. The lowest BCUT2D eigenvalue weighted by Gasteiger charge is -2.60. The maximum atomic E-state index is 4.53. The van der Waals surface area contributed by atoms with Crippen LogP contribution in [0.3, 0.4) is 0 Å². The van der Waals surface area contributed by atoms with E-state index in [2.05, 4.69) is 41.2 Å². The first-order valence-electron chi connectivity index (χ1n) is 9.09. The van der Waals surface area contributed by atoms with E-state index in [1.807, 2.05) is 6.20 Å². The summed E-state index contributed by atoms with van der Waals surface area (Å²) < 4.78 is 0. The third-order valence-electron chi connectivity index (χ3n) is 6.76. The molecule has 1 saturated heterocycles. The highest BCUT2D eigenvalue weighted by molar-refractivity contribution is 5.54. The van der Waals surface area contributed by atoms with Crippen LogP contribution >= 0.6 is 0 Å². The minimum Gasteiger partial charge on any atom is -0.371 e. The summed E-state index contributed by atoms with van der Waals surface area (Å²) in [7, 11) is 0. The largest absolute Gasteiger partial charge is 0.371 e. The highest BCUT2D eigenvalue weighted by atomic mass is 15.1. The molecule has 0 unspecified atom stereocenters. The molecular formula is C19H29N3. The number of fused-ring (bicyclic) bond motifs is 2. The van der Waals surface area contributed by atoms with Gasteiger partial charge in [0.25, 0.3) is 0 Å². The molecule has 4 fully saturated rings. The van der Waals surface area contributed by atoms with Crippen LogP contribution in [-0.4, -0.2) is 24.6 Å². The molecule has 1 N–H and O–H groups in total. The van der Waals surface area contributed by atoms with Crippen LogP contribution in [-0.2, 0) is 0 Å². The molecule has 5 rings (SSSR count). The fourth-order valence-electron chi connectivity index (χ4n) is 5.13. The molecule has 3 aliphatic carbocycles. The first kappa shape index (κ1) is 14.3. The van der Waals surface area contributed by atoms with Gasteiger partial charge >= 0.3 is 0 Å². The number of rotatable bonds is 4. The first-order chi connectivity index (χ1) is 10.6. The number of nitrogens with one attached hydrogen (secondary N) is 1. The summed E-state index contributed by atoms with van der Waals surface area (Å²) in [6, 6.07) is 4.39. The van der Waals surface area contributed by atoms with E-state index < -0.39 is 0 Å². The second-order valence-corrected chi connectivity index (χ2v) is 8.17. The van der Waals surface area contributed by atoms with Gasteiger partial charge in [0.1, 0.15) is 5.82 Å². The maximum absolute atomic E-state index is 4.53. The zero-order chi connectivity index (χ0) is 15.2. The zero-order valence-corrected chi connectivity index (χ0v) is 14.0. The van der Waals surface area contributed by atoms with Crippen molar-refractivity contribution >= 4 is 11.5 Å². The Morgan fingerprint density at radius 1 is 1.27 bits per heavy atom. The molecule has 3 heteroatoms. The number of hydrogen-bond acceptors (Lipinski definition) is 3. The van der Waals surface area contributed by atoms with E-state index in [1.165, 1.54) is 50.9 Å². The van der Waals surface area contributed by atoms with Crippen LogP contribution < -0.4 is 10.2 Å². The van der Waals surface area contributed by atoms with Crippen molar-refractivity contribution < 1.29 is 0 Å². The van der Waals surface area contributed by atoms with E-state index in [4.69, 9.17) is 0 Å². The van der Waals surface area contributed by atoms with E-state index in [0.29, 0.717) is 5.41 Å². The molecule has 3 atom stereocenters. The minimum atomic E-state index is 0.579. The minimum absolute atomic E-state index is 0.579. The van der Waals surface area contributed by atoms with E-state index in [-0.39, 0.29) is 0 Å². The van der Waals surface area contributed by atoms with Gasteiger partial charge in [0, 0.05) is 37.6 Å². The summed E-state index contributed by atoms with van der Waals surface area (Å²) in [5.74, 6) is 3.80. The van der Waals surface area contributed by atoms with Crippen LogP contribution in [0.2, 0.25) is 0 Å². The van der Waals surface area contributed by atoms with Crippen LogP contribution in [0.15, 0.2) is 18.3 Å². The molecule has 0 radical (unpaired) electrons. The quantitative estimate of drug-likeness (QED) is 0.904. The van der Waals surface area contributed by atoms with Gasteiger partial charge in [-0.05, 0) is 61.3 Å². The lowest BCUT2D eigenvalue weighted by Crippen LogP contribution is -2.53. The molecule has 22 heavy (non-hydrogen) atoms. The van der Waals surface area contributed by atoms with Gasteiger partial charge in [-0.3, -0.25) is 0 Å². The highest BCUT2D eigenvalue weighted by Crippen LogP contribution is 2.61. The third kappa shape index (κ3) is 2.39. The Balaban J connectivity index is 1.38. The fraction of sp³-hybridized carbons (Fsp3) is 0.737. The topological polar surface area (TPSA) is 28.2 Å². The van der Waals surface area contributed by atoms with Crippen molar-refractivity contribution in [3.63, 3.8) is 0 Å². The molecule has 120 valence electrons. The molecule has 1 aliphatic heterocycles. The summed E-state index contributed by atoms with van der Waals surface area (Å²) in [6.07, 6.45) is 8.89. The Kier molecular flexibility index (Phi) is 3.54. The second kappa shape index (κ2) is 5.43. The second-order valence-electron chi connectivity index (χ2n) is 8.17. The highest BCUT2D eigenvalue weighted by Gasteiger charge is 2.53. The normalized spacial score (nSPS) is 32.6. The maximum Gasteiger partial charge on any atom is 0.127 e. The van der Waals surface area contributed by atoms with Crippen molar-refractivity contribution in [3.05, 3.63) is 18.3 Å². The van der Waals surface area contributed by atoms with Crippen molar-refractivity contribution in [3.8, 4) is 0 Å². The summed E-state index contributed by atoms with van der Waals surface area (Å²) >= 11 is 0. The molecular weight excluding hydrogens is 270 g/mol. The van der Waals surface area contributed by atoms with E-state index >= 15 is 0 Å². The Hall–Kier alpha value is -1.25. The average molecular weight is 299 g/mol. The Bertz CT molecular complexity index is 531. The molecule has 1 aromatic heterocycles. The number of anilines is 2. The molecule has 0 amide bonds. The van der Waals surface area contributed by atoms with Crippen molar-refractivity contribution in [1.29, 1.82) is 0 Å². The van der Waals surface area contributed by atoms with Gasteiger partial charge in [-0.1, -0.05) is 13.8 Å². The van der Waals surface area contributed by atoms with Crippen LogP contribution in [0, 0.1) is 23.2 Å². The SMILES string of the molecule is CC1(C)[C@H]2CC[C@H](CNc3cc(N4CCCC4)ccn3)[C@@H]1C2. The molecule has 1 aromatic rings.